The molecule has 27 heavy (non-hydrogen) atoms. The zero-order valence-corrected chi connectivity index (χ0v) is 15.4. The fraction of sp³-hybridized carbons (Fsp3) is 0.190. The van der Waals surface area contributed by atoms with E-state index in [1.54, 1.807) is 19.2 Å². The summed E-state index contributed by atoms with van der Waals surface area (Å²) >= 11 is 0. The Morgan fingerprint density at radius 3 is 2.37 bits per heavy atom. The highest BCUT2D eigenvalue weighted by Crippen LogP contribution is 2.17. The number of anilines is 1. The van der Waals surface area contributed by atoms with Gasteiger partial charge in [0.25, 0.3) is 5.91 Å². The second kappa shape index (κ2) is 8.80. The van der Waals surface area contributed by atoms with E-state index in [0.29, 0.717) is 18.9 Å². The van der Waals surface area contributed by atoms with Gasteiger partial charge in [-0.15, -0.1) is 10.2 Å². The van der Waals surface area contributed by atoms with Crippen molar-refractivity contribution < 1.29 is 9.53 Å². The van der Waals surface area contributed by atoms with Crippen molar-refractivity contribution in [2.75, 3.05) is 12.4 Å². The van der Waals surface area contributed by atoms with Gasteiger partial charge in [-0.05, 0) is 36.2 Å². The molecule has 2 N–H and O–H groups in total. The lowest BCUT2D eigenvalue weighted by Crippen LogP contribution is -2.24. The molecular weight excluding hydrogens is 340 g/mol. The SMILES string of the molecule is COc1ccccc1CNC(=O)c1ccc(NCc2ccccc2C)nn1. The van der Waals surface area contributed by atoms with Crippen LogP contribution in [0.1, 0.15) is 27.2 Å². The molecule has 0 unspecified atom stereocenters. The Kier molecular flexibility index (Phi) is 5.99. The average molecular weight is 362 g/mol. The Labute approximate surface area is 158 Å². The van der Waals surface area contributed by atoms with Crippen LogP contribution in [-0.4, -0.2) is 23.2 Å². The van der Waals surface area contributed by atoms with Crippen LogP contribution < -0.4 is 15.4 Å². The fourth-order valence-electron chi connectivity index (χ4n) is 2.66. The first-order valence-electron chi connectivity index (χ1n) is 8.69. The Bertz CT molecular complexity index is 910. The van der Waals surface area contributed by atoms with Crippen molar-refractivity contribution in [1.29, 1.82) is 0 Å². The number of carbonyl (C=O) groups is 1. The van der Waals surface area contributed by atoms with E-state index in [9.17, 15) is 4.79 Å². The van der Waals surface area contributed by atoms with E-state index >= 15 is 0 Å². The fourth-order valence-corrected chi connectivity index (χ4v) is 2.66. The average Bonchev–Trinajstić information content (AvgIpc) is 2.72. The van der Waals surface area contributed by atoms with E-state index in [-0.39, 0.29) is 11.6 Å². The maximum Gasteiger partial charge on any atom is 0.272 e. The molecule has 3 rings (SSSR count). The second-order valence-corrected chi connectivity index (χ2v) is 6.08. The van der Waals surface area contributed by atoms with Gasteiger partial charge in [-0.1, -0.05) is 42.5 Å². The number of methoxy groups -OCH3 is 1. The summed E-state index contributed by atoms with van der Waals surface area (Å²) in [5.41, 5.74) is 3.58. The maximum atomic E-state index is 12.3. The molecule has 6 nitrogen and oxygen atoms in total. The maximum absolute atomic E-state index is 12.3. The first kappa shape index (κ1) is 18.4. The lowest BCUT2D eigenvalue weighted by molar-refractivity contribution is 0.0944. The first-order valence-corrected chi connectivity index (χ1v) is 8.69. The molecule has 0 saturated heterocycles. The third kappa shape index (κ3) is 4.82. The highest BCUT2D eigenvalue weighted by Gasteiger charge is 2.10. The van der Waals surface area contributed by atoms with E-state index in [4.69, 9.17) is 4.74 Å². The Hall–Kier alpha value is -3.41. The number of carbonyl (C=O) groups excluding carboxylic acids is 1. The summed E-state index contributed by atoms with van der Waals surface area (Å²) in [5, 5.41) is 14.2. The molecule has 0 aliphatic rings. The highest BCUT2D eigenvalue weighted by molar-refractivity contribution is 5.92. The molecule has 1 aromatic heterocycles. The van der Waals surface area contributed by atoms with Crippen molar-refractivity contribution in [1.82, 2.24) is 15.5 Å². The zero-order valence-electron chi connectivity index (χ0n) is 15.4. The van der Waals surface area contributed by atoms with Crippen LogP contribution in [-0.2, 0) is 13.1 Å². The predicted molar refractivity (Wildman–Crippen MR) is 105 cm³/mol. The van der Waals surface area contributed by atoms with Gasteiger partial charge >= 0.3 is 0 Å². The number of hydrogen-bond acceptors (Lipinski definition) is 5. The number of para-hydroxylation sites is 1. The van der Waals surface area contributed by atoms with Gasteiger partial charge in [0, 0.05) is 18.7 Å². The number of hydrogen-bond donors (Lipinski definition) is 2. The number of ether oxygens (including phenoxy) is 1. The molecular formula is C21H22N4O2. The molecule has 1 heterocycles. The minimum Gasteiger partial charge on any atom is -0.496 e. The summed E-state index contributed by atoms with van der Waals surface area (Å²) in [6.45, 7) is 3.08. The van der Waals surface area contributed by atoms with E-state index in [0.717, 1.165) is 11.3 Å². The summed E-state index contributed by atoms with van der Waals surface area (Å²) < 4.78 is 5.28. The van der Waals surface area contributed by atoms with Crippen molar-refractivity contribution in [3.63, 3.8) is 0 Å². The van der Waals surface area contributed by atoms with Gasteiger partial charge in [0.15, 0.2) is 5.69 Å². The van der Waals surface area contributed by atoms with Crippen LogP contribution in [0.25, 0.3) is 0 Å². The molecule has 0 aliphatic carbocycles. The van der Waals surface area contributed by atoms with Crippen LogP contribution in [0, 0.1) is 6.92 Å². The van der Waals surface area contributed by atoms with Gasteiger partial charge in [0.05, 0.1) is 7.11 Å². The molecule has 0 spiro atoms. The van der Waals surface area contributed by atoms with Gasteiger partial charge < -0.3 is 15.4 Å². The molecule has 1 amide bonds. The molecule has 138 valence electrons. The van der Waals surface area contributed by atoms with Crippen molar-refractivity contribution in [2.45, 2.75) is 20.0 Å². The molecule has 0 saturated carbocycles. The van der Waals surface area contributed by atoms with E-state index in [2.05, 4.69) is 39.9 Å². The monoisotopic (exact) mass is 362 g/mol. The third-order valence-corrected chi connectivity index (χ3v) is 4.25. The second-order valence-electron chi connectivity index (χ2n) is 6.08. The van der Waals surface area contributed by atoms with E-state index in [1.165, 1.54) is 11.1 Å². The minimum absolute atomic E-state index is 0.270. The smallest absolute Gasteiger partial charge is 0.272 e. The highest BCUT2D eigenvalue weighted by atomic mass is 16.5. The Morgan fingerprint density at radius 2 is 1.67 bits per heavy atom. The molecule has 0 atom stereocenters. The van der Waals surface area contributed by atoms with Gasteiger partial charge in [0.2, 0.25) is 0 Å². The van der Waals surface area contributed by atoms with Crippen LogP contribution in [0.5, 0.6) is 5.75 Å². The van der Waals surface area contributed by atoms with Crippen molar-refractivity contribution >= 4 is 11.7 Å². The molecule has 6 heteroatoms. The summed E-state index contributed by atoms with van der Waals surface area (Å²) in [4.78, 5) is 12.3. The number of rotatable bonds is 7. The van der Waals surface area contributed by atoms with E-state index in [1.807, 2.05) is 36.4 Å². The Morgan fingerprint density at radius 1 is 0.926 bits per heavy atom. The first-order chi connectivity index (χ1) is 13.2. The van der Waals surface area contributed by atoms with Crippen LogP contribution in [0.2, 0.25) is 0 Å². The normalized spacial score (nSPS) is 10.3. The summed E-state index contributed by atoms with van der Waals surface area (Å²) in [6.07, 6.45) is 0. The van der Waals surface area contributed by atoms with Gasteiger partial charge in [-0.3, -0.25) is 4.79 Å². The number of nitrogens with one attached hydrogen (secondary N) is 2. The summed E-state index contributed by atoms with van der Waals surface area (Å²) in [5.74, 6) is 1.08. The van der Waals surface area contributed by atoms with Crippen LogP contribution in [0.3, 0.4) is 0 Å². The molecule has 0 radical (unpaired) electrons. The molecule has 0 aliphatic heterocycles. The van der Waals surface area contributed by atoms with Crippen molar-refractivity contribution in [3.05, 3.63) is 83.0 Å². The predicted octanol–water partition coefficient (Wildman–Crippen LogP) is 3.34. The third-order valence-electron chi connectivity index (χ3n) is 4.25. The van der Waals surface area contributed by atoms with Gasteiger partial charge in [-0.25, -0.2) is 0 Å². The molecule has 0 bridgehead atoms. The molecule has 0 fully saturated rings. The number of amides is 1. The van der Waals surface area contributed by atoms with Crippen molar-refractivity contribution in [3.8, 4) is 5.75 Å². The quantitative estimate of drug-likeness (QED) is 0.674. The summed E-state index contributed by atoms with van der Waals surface area (Å²) in [6, 6.07) is 19.1. The van der Waals surface area contributed by atoms with Gasteiger partial charge in [0.1, 0.15) is 11.6 Å². The largest absolute Gasteiger partial charge is 0.496 e. The molecule has 2 aromatic carbocycles. The number of aromatic nitrogens is 2. The van der Waals surface area contributed by atoms with Gasteiger partial charge in [-0.2, -0.15) is 0 Å². The zero-order chi connectivity index (χ0) is 19.1. The summed E-state index contributed by atoms with van der Waals surface area (Å²) in [7, 11) is 1.61. The molecule has 3 aromatic rings. The number of nitrogens with zero attached hydrogens (tertiary/aromatic N) is 2. The van der Waals surface area contributed by atoms with Crippen LogP contribution in [0.15, 0.2) is 60.7 Å². The van der Waals surface area contributed by atoms with E-state index < -0.39 is 0 Å². The Balaban J connectivity index is 1.56. The minimum atomic E-state index is -0.279. The standard InChI is InChI=1S/C21H22N4O2/c1-15-7-3-4-8-16(15)13-22-20-12-11-18(24-25-20)21(26)23-14-17-9-5-6-10-19(17)27-2/h3-12H,13-14H2,1-2H3,(H,22,25)(H,23,26). The number of benzene rings is 2. The lowest BCUT2D eigenvalue weighted by atomic mass is 10.1. The number of aryl methyl sites for hydroxylation is 1. The lowest BCUT2D eigenvalue weighted by Gasteiger charge is -2.10. The topological polar surface area (TPSA) is 76.1 Å². The van der Waals surface area contributed by atoms with Crippen molar-refractivity contribution in [2.24, 2.45) is 0 Å². The van der Waals surface area contributed by atoms with Crippen LogP contribution in [0.4, 0.5) is 5.82 Å². The van der Waals surface area contributed by atoms with Crippen LogP contribution >= 0.6 is 0 Å².